The Bertz CT molecular complexity index is 1220. The highest BCUT2D eigenvalue weighted by Gasteiger charge is 2.16. The van der Waals surface area contributed by atoms with E-state index in [9.17, 15) is 19.1 Å². The summed E-state index contributed by atoms with van der Waals surface area (Å²) in [6.45, 7) is 0. The summed E-state index contributed by atoms with van der Waals surface area (Å²) in [6, 6.07) is 14.5. The van der Waals surface area contributed by atoms with Gasteiger partial charge in [-0.2, -0.15) is 0 Å². The molecule has 0 saturated heterocycles. The van der Waals surface area contributed by atoms with Gasteiger partial charge in [-0.1, -0.05) is 6.07 Å². The maximum atomic E-state index is 13.3. The van der Waals surface area contributed by atoms with Crippen molar-refractivity contribution in [1.82, 2.24) is 9.55 Å². The van der Waals surface area contributed by atoms with Gasteiger partial charge in [0.1, 0.15) is 11.4 Å². The molecule has 0 bridgehead atoms. The third-order valence-electron chi connectivity index (χ3n) is 4.35. The van der Waals surface area contributed by atoms with E-state index in [4.69, 9.17) is 0 Å². The van der Waals surface area contributed by atoms with Crippen LogP contribution in [0.25, 0.3) is 27.7 Å². The van der Waals surface area contributed by atoms with Crippen LogP contribution in [-0.2, 0) is 0 Å². The van der Waals surface area contributed by atoms with Crippen molar-refractivity contribution >= 4 is 16.9 Å². The van der Waals surface area contributed by atoms with Crippen molar-refractivity contribution in [3.8, 4) is 16.8 Å². The minimum atomic E-state index is -1.31. The average molecular weight is 360 g/mol. The molecule has 1 N–H and O–H groups in total. The third kappa shape index (κ3) is 2.97. The van der Waals surface area contributed by atoms with Crippen molar-refractivity contribution in [1.29, 1.82) is 0 Å². The molecule has 2 aromatic carbocycles. The molecule has 0 radical (unpaired) electrons. The Balaban J connectivity index is 2.06. The largest absolute Gasteiger partial charge is 0.477 e. The number of aromatic carboxylic acids is 1. The number of pyridine rings is 2. The Hall–Kier alpha value is -3.80. The number of carboxylic acids is 1. The van der Waals surface area contributed by atoms with Gasteiger partial charge in [-0.25, -0.2) is 9.18 Å². The maximum Gasteiger partial charge on any atom is 0.341 e. The summed E-state index contributed by atoms with van der Waals surface area (Å²) in [5.41, 5.74) is 1.94. The zero-order valence-corrected chi connectivity index (χ0v) is 14.0. The first-order valence-electron chi connectivity index (χ1n) is 8.13. The zero-order valence-electron chi connectivity index (χ0n) is 14.0. The monoisotopic (exact) mass is 360 g/mol. The second-order valence-electron chi connectivity index (χ2n) is 5.99. The van der Waals surface area contributed by atoms with E-state index in [-0.39, 0.29) is 10.9 Å². The third-order valence-corrected chi connectivity index (χ3v) is 4.35. The molecular formula is C21H13FN2O3. The minimum absolute atomic E-state index is 0.275. The van der Waals surface area contributed by atoms with E-state index in [1.54, 1.807) is 35.2 Å². The molecule has 0 saturated carbocycles. The van der Waals surface area contributed by atoms with Crippen molar-refractivity contribution in [3.05, 3.63) is 94.8 Å². The molecule has 4 rings (SSSR count). The Kier molecular flexibility index (Phi) is 4.01. The van der Waals surface area contributed by atoms with Crippen LogP contribution in [0.1, 0.15) is 10.4 Å². The summed E-state index contributed by atoms with van der Waals surface area (Å²) in [7, 11) is 0. The summed E-state index contributed by atoms with van der Waals surface area (Å²) in [5, 5.41) is 9.67. The number of carbonyl (C=O) groups is 1. The molecule has 0 spiro atoms. The lowest BCUT2D eigenvalue weighted by Gasteiger charge is -2.14. The fraction of sp³-hybridized carbons (Fsp3) is 0. The van der Waals surface area contributed by atoms with Crippen LogP contribution in [0.5, 0.6) is 0 Å². The van der Waals surface area contributed by atoms with Crippen molar-refractivity contribution in [2.24, 2.45) is 0 Å². The van der Waals surface area contributed by atoms with Crippen LogP contribution >= 0.6 is 0 Å². The molecule has 132 valence electrons. The highest BCUT2D eigenvalue weighted by Crippen LogP contribution is 2.25. The first-order valence-corrected chi connectivity index (χ1v) is 8.13. The van der Waals surface area contributed by atoms with Crippen LogP contribution < -0.4 is 5.43 Å². The van der Waals surface area contributed by atoms with Gasteiger partial charge in [0.15, 0.2) is 0 Å². The van der Waals surface area contributed by atoms with Crippen molar-refractivity contribution in [3.63, 3.8) is 0 Å². The molecule has 0 amide bonds. The Morgan fingerprint density at radius 3 is 2.33 bits per heavy atom. The summed E-state index contributed by atoms with van der Waals surface area (Å²) in [5.74, 6) is -1.71. The van der Waals surface area contributed by atoms with E-state index in [1.165, 1.54) is 30.5 Å². The van der Waals surface area contributed by atoms with Gasteiger partial charge in [-0.05, 0) is 59.7 Å². The van der Waals surface area contributed by atoms with E-state index in [0.29, 0.717) is 11.2 Å². The molecule has 0 aliphatic carbocycles. The summed E-state index contributed by atoms with van der Waals surface area (Å²) in [4.78, 5) is 28.1. The smallest absolute Gasteiger partial charge is 0.341 e. The second kappa shape index (κ2) is 6.49. The summed E-state index contributed by atoms with van der Waals surface area (Å²) < 4.78 is 14.9. The zero-order chi connectivity index (χ0) is 19.0. The molecule has 27 heavy (non-hydrogen) atoms. The maximum absolute atomic E-state index is 13.3. The molecule has 6 heteroatoms. The Morgan fingerprint density at radius 1 is 0.963 bits per heavy atom. The first-order chi connectivity index (χ1) is 13.0. The van der Waals surface area contributed by atoms with E-state index in [0.717, 1.165) is 11.1 Å². The number of aromatic nitrogens is 2. The van der Waals surface area contributed by atoms with Gasteiger partial charge in [0, 0.05) is 29.7 Å². The SMILES string of the molecule is O=C(O)c1cn(-c2ccc(F)cc2)c2cc(-c3ccncc3)ccc2c1=O. The number of hydrogen-bond donors (Lipinski definition) is 1. The number of benzene rings is 2. The van der Waals surface area contributed by atoms with Gasteiger partial charge in [-0.15, -0.1) is 0 Å². The number of halogens is 1. The predicted molar refractivity (Wildman–Crippen MR) is 99.7 cm³/mol. The van der Waals surface area contributed by atoms with Gasteiger partial charge in [0.05, 0.1) is 5.52 Å². The standard InChI is InChI=1S/C21H13FN2O3/c22-15-2-4-16(5-3-15)24-12-18(21(26)27)20(25)17-6-1-14(11-19(17)24)13-7-9-23-10-8-13/h1-12H,(H,26,27). The van der Waals surface area contributed by atoms with Crippen LogP contribution in [0.2, 0.25) is 0 Å². The van der Waals surface area contributed by atoms with Crippen LogP contribution in [0.3, 0.4) is 0 Å². The van der Waals surface area contributed by atoms with Gasteiger partial charge in [0.2, 0.25) is 5.43 Å². The molecule has 0 aliphatic heterocycles. The lowest BCUT2D eigenvalue weighted by atomic mass is 10.0. The minimum Gasteiger partial charge on any atom is -0.477 e. The molecular weight excluding hydrogens is 347 g/mol. The Labute approximate surface area is 153 Å². The molecule has 0 unspecified atom stereocenters. The van der Waals surface area contributed by atoms with Gasteiger partial charge >= 0.3 is 5.97 Å². The van der Waals surface area contributed by atoms with Crippen molar-refractivity contribution < 1.29 is 14.3 Å². The molecule has 4 aromatic rings. The van der Waals surface area contributed by atoms with Gasteiger partial charge in [-0.3, -0.25) is 9.78 Å². The van der Waals surface area contributed by atoms with Crippen LogP contribution in [0.15, 0.2) is 78.0 Å². The van der Waals surface area contributed by atoms with Gasteiger partial charge < -0.3 is 9.67 Å². The molecule has 0 aliphatic rings. The highest BCUT2D eigenvalue weighted by molar-refractivity contribution is 5.94. The Morgan fingerprint density at radius 2 is 1.67 bits per heavy atom. The molecule has 2 aromatic heterocycles. The predicted octanol–water partition coefficient (Wildman–Crippen LogP) is 3.89. The highest BCUT2D eigenvalue weighted by atomic mass is 19.1. The van der Waals surface area contributed by atoms with Crippen molar-refractivity contribution in [2.75, 3.05) is 0 Å². The number of rotatable bonds is 3. The fourth-order valence-electron chi connectivity index (χ4n) is 3.02. The van der Waals surface area contributed by atoms with E-state index >= 15 is 0 Å². The molecule has 2 heterocycles. The molecule has 0 fully saturated rings. The first kappa shape index (κ1) is 16.7. The molecule has 5 nitrogen and oxygen atoms in total. The van der Waals surface area contributed by atoms with Crippen LogP contribution in [-0.4, -0.2) is 20.6 Å². The normalized spacial score (nSPS) is 10.9. The van der Waals surface area contributed by atoms with E-state index in [1.807, 2.05) is 12.1 Å². The quantitative estimate of drug-likeness (QED) is 0.602. The van der Waals surface area contributed by atoms with E-state index < -0.39 is 17.2 Å². The number of carboxylic acid groups (broad SMARTS) is 1. The van der Waals surface area contributed by atoms with Crippen LogP contribution in [0, 0.1) is 5.82 Å². The van der Waals surface area contributed by atoms with Crippen LogP contribution in [0.4, 0.5) is 4.39 Å². The lowest BCUT2D eigenvalue weighted by Crippen LogP contribution is -2.18. The van der Waals surface area contributed by atoms with Crippen molar-refractivity contribution in [2.45, 2.75) is 0 Å². The topological polar surface area (TPSA) is 72.2 Å². The number of hydrogen-bond acceptors (Lipinski definition) is 3. The lowest BCUT2D eigenvalue weighted by molar-refractivity contribution is 0.0695. The average Bonchev–Trinajstić information content (AvgIpc) is 2.69. The number of fused-ring (bicyclic) bond motifs is 1. The second-order valence-corrected chi connectivity index (χ2v) is 5.99. The van der Waals surface area contributed by atoms with Gasteiger partial charge in [0.25, 0.3) is 0 Å². The summed E-state index contributed by atoms with van der Waals surface area (Å²) >= 11 is 0. The summed E-state index contributed by atoms with van der Waals surface area (Å²) in [6.07, 6.45) is 4.61. The fourth-order valence-corrected chi connectivity index (χ4v) is 3.02. The molecule has 0 atom stereocenters. The number of nitrogens with zero attached hydrogens (tertiary/aromatic N) is 2. The van der Waals surface area contributed by atoms with E-state index in [2.05, 4.69) is 4.98 Å².